The van der Waals surface area contributed by atoms with E-state index in [9.17, 15) is 9.59 Å². The second-order valence-corrected chi connectivity index (χ2v) is 6.37. The highest BCUT2D eigenvalue weighted by Gasteiger charge is 2.48. The van der Waals surface area contributed by atoms with Crippen molar-refractivity contribution in [3.8, 4) is 0 Å². The van der Waals surface area contributed by atoms with Gasteiger partial charge in [0.05, 0.1) is 12.1 Å². The Kier molecular flexibility index (Phi) is 3.85. The zero-order valence-electron chi connectivity index (χ0n) is 12.2. The Bertz CT molecular complexity index is 375. The largest absolute Gasteiger partial charge is 0.379 e. The molecule has 0 aromatic heterocycles. The molecule has 0 saturated carbocycles. The van der Waals surface area contributed by atoms with E-state index < -0.39 is 6.04 Å². The van der Waals surface area contributed by atoms with E-state index in [4.69, 9.17) is 4.74 Å². The molecule has 0 aliphatic carbocycles. The predicted molar refractivity (Wildman–Crippen MR) is 71.5 cm³/mol. The van der Waals surface area contributed by atoms with Crippen LogP contribution in [0.25, 0.3) is 0 Å². The number of hydrogen-bond acceptors (Lipinski definition) is 3. The maximum atomic E-state index is 12.7. The van der Waals surface area contributed by atoms with Crippen molar-refractivity contribution < 1.29 is 14.3 Å². The number of rotatable bonds is 3. The van der Waals surface area contributed by atoms with Gasteiger partial charge in [0.25, 0.3) is 0 Å². The molecule has 0 aromatic carbocycles. The van der Waals surface area contributed by atoms with Gasteiger partial charge in [-0.25, -0.2) is 0 Å². The van der Waals surface area contributed by atoms with Crippen LogP contribution in [-0.4, -0.2) is 47.6 Å². The van der Waals surface area contributed by atoms with Gasteiger partial charge in [-0.3, -0.25) is 9.59 Å². The molecule has 2 aliphatic rings. The Balaban J connectivity index is 2.23. The van der Waals surface area contributed by atoms with Gasteiger partial charge in [-0.1, -0.05) is 13.8 Å². The van der Waals surface area contributed by atoms with Crippen molar-refractivity contribution in [3.63, 3.8) is 0 Å². The van der Waals surface area contributed by atoms with Gasteiger partial charge in [0, 0.05) is 6.61 Å². The van der Waals surface area contributed by atoms with E-state index in [2.05, 4.69) is 19.2 Å². The molecule has 1 N–H and O–H groups in total. The molecule has 2 saturated heterocycles. The molecule has 5 heteroatoms. The summed E-state index contributed by atoms with van der Waals surface area (Å²) < 4.78 is 5.44. The number of amides is 2. The normalized spacial score (nSPS) is 35.9. The molecule has 2 fully saturated rings. The van der Waals surface area contributed by atoms with Crippen LogP contribution < -0.4 is 5.32 Å². The lowest BCUT2D eigenvalue weighted by Crippen LogP contribution is -2.68. The minimum Gasteiger partial charge on any atom is -0.379 e. The van der Waals surface area contributed by atoms with Crippen LogP contribution in [0.2, 0.25) is 0 Å². The van der Waals surface area contributed by atoms with Gasteiger partial charge < -0.3 is 15.0 Å². The Morgan fingerprint density at radius 3 is 2.68 bits per heavy atom. The van der Waals surface area contributed by atoms with Crippen LogP contribution in [0.3, 0.4) is 0 Å². The summed E-state index contributed by atoms with van der Waals surface area (Å²) in [4.78, 5) is 26.5. The van der Waals surface area contributed by atoms with Gasteiger partial charge in [0.15, 0.2) is 0 Å². The quantitative estimate of drug-likeness (QED) is 0.828. The molecule has 0 spiro atoms. The molecular formula is C14H24N2O3. The first-order valence-corrected chi connectivity index (χ1v) is 7.06. The number of piperazine rings is 1. The molecule has 2 amide bonds. The van der Waals surface area contributed by atoms with Crippen LogP contribution in [-0.2, 0) is 14.3 Å². The third-order valence-electron chi connectivity index (χ3n) is 4.11. The van der Waals surface area contributed by atoms with E-state index in [1.807, 2.05) is 6.92 Å². The average molecular weight is 268 g/mol. The van der Waals surface area contributed by atoms with E-state index in [1.54, 1.807) is 11.8 Å². The van der Waals surface area contributed by atoms with Crippen LogP contribution in [0.15, 0.2) is 0 Å². The average Bonchev–Trinajstić information content (AvgIpc) is 2.73. The Morgan fingerprint density at radius 2 is 2.16 bits per heavy atom. The minimum atomic E-state index is -0.414. The fourth-order valence-electron chi connectivity index (χ4n) is 3.04. The van der Waals surface area contributed by atoms with Crippen molar-refractivity contribution in [2.24, 2.45) is 5.92 Å². The molecule has 0 radical (unpaired) electrons. The lowest BCUT2D eigenvalue weighted by molar-refractivity contribution is -0.156. The van der Waals surface area contributed by atoms with Crippen LogP contribution in [0.5, 0.6) is 0 Å². The number of carbonyl (C=O) groups excluding carboxylic acids is 2. The molecule has 3 unspecified atom stereocenters. The molecule has 0 aromatic rings. The molecule has 2 aliphatic heterocycles. The van der Waals surface area contributed by atoms with E-state index in [-0.39, 0.29) is 23.4 Å². The third kappa shape index (κ3) is 2.61. The molecule has 0 bridgehead atoms. The molecule has 5 nitrogen and oxygen atoms in total. The highest BCUT2D eigenvalue weighted by molar-refractivity contribution is 5.97. The van der Waals surface area contributed by atoms with Gasteiger partial charge in [-0.2, -0.15) is 0 Å². The Hall–Kier alpha value is -1.10. The minimum absolute atomic E-state index is 0.0359. The Labute approximate surface area is 114 Å². The van der Waals surface area contributed by atoms with Gasteiger partial charge in [0.1, 0.15) is 12.1 Å². The van der Waals surface area contributed by atoms with E-state index in [0.717, 1.165) is 6.42 Å². The second kappa shape index (κ2) is 5.12. The summed E-state index contributed by atoms with van der Waals surface area (Å²) in [7, 11) is 0. The monoisotopic (exact) mass is 268 g/mol. The van der Waals surface area contributed by atoms with Gasteiger partial charge in [0.2, 0.25) is 11.8 Å². The number of hydrogen-bond donors (Lipinski definition) is 1. The lowest BCUT2D eigenvalue weighted by atomic mass is 9.91. The number of carbonyl (C=O) groups is 2. The molecule has 3 atom stereocenters. The number of ether oxygens (including phenoxy) is 1. The van der Waals surface area contributed by atoms with Crippen molar-refractivity contribution in [1.29, 1.82) is 0 Å². The standard InChI is InChI=1S/C14H24N2O3/c1-9(2)7-11-13(18)16(10(3)12(17)15-11)14(4)5-6-19-8-14/h9-11H,5-8H2,1-4H3,(H,15,17). The molecule has 19 heavy (non-hydrogen) atoms. The fraction of sp³-hybridized carbons (Fsp3) is 0.857. The first-order chi connectivity index (χ1) is 8.85. The van der Waals surface area contributed by atoms with Crippen molar-refractivity contribution in [2.45, 2.75) is 58.2 Å². The van der Waals surface area contributed by atoms with Crippen molar-refractivity contribution in [1.82, 2.24) is 10.2 Å². The second-order valence-electron chi connectivity index (χ2n) is 6.37. The summed E-state index contributed by atoms with van der Waals surface area (Å²) in [6.45, 7) is 9.10. The third-order valence-corrected chi connectivity index (χ3v) is 4.11. The lowest BCUT2D eigenvalue weighted by Gasteiger charge is -2.46. The summed E-state index contributed by atoms with van der Waals surface area (Å²) in [5, 5.41) is 2.85. The van der Waals surface area contributed by atoms with Crippen molar-refractivity contribution >= 4 is 11.8 Å². The fourth-order valence-corrected chi connectivity index (χ4v) is 3.04. The number of nitrogens with one attached hydrogen (secondary N) is 1. The van der Waals surface area contributed by atoms with Gasteiger partial charge in [-0.15, -0.1) is 0 Å². The smallest absolute Gasteiger partial charge is 0.246 e. The van der Waals surface area contributed by atoms with Crippen molar-refractivity contribution in [2.75, 3.05) is 13.2 Å². The Morgan fingerprint density at radius 1 is 1.47 bits per heavy atom. The maximum absolute atomic E-state index is 12.7. The first kappa shape index (κ1) is 14.3. The summed E-state index contributed by atoms with van der Waals surface area (Å²) >= 11 is 0. The van der Waals surface area contributed by atoms with Gasteiger partial charge in [-0.05, 0) is 32.6 Å². The molecular weight excluding hydrogens is 244 g/mol. The molecule has 2 heterocycles. The highest BCUT2D eigenvalue weighted by Crippen LogP contribution is 2.31. The summed E-state index contributed by atoms with van der Waals surface area (Å²) in [5.41, 5.74) is -0.344. The summed E-state index contributed by atoms with van der Waals surface area (Å²) in [6, 6.07) is -0.802. The predicted octanol–water partition coefficient (Wildman–Crippen LogP) is 0.927. The SMILES string of the molecule is CC(C)CC1NC(=O)C(C)N(C2(C)CCOC2)C1=O. The maximum Gasteiger partial charge on any atom is 0.246 e. The first-order valence-electron chi connectivity index (χ1n) is 7.06. The van der Waals surface area contributed by atoms with Crippen LogP contribution in [0.4, 0.5) is 0 Å². The van der Waals surface area contributed by atoms with Crippen molar-refractivity contribution in [3.05, 3.63) is 0 Å². The zero-order chi connectivity index (χ0) is 14.2. The highest BCUT2D eigenvalue weighted by atomic mass is 16.5. The summed E-state index contributed by atoms with van der Waals surface area (Å²) in [6.07, 6.45) is 1.48. The van der Waals surface area contributed by atoms with E-state index in [0.29, 0.717) is 25.6 Å². The number of nitrogens with zero attached hydrogens (tertiary/aromatic N) is 1. The van der Waals surface area contributed by atoms with Crippen LogP contribution >= 0.6 is 0 Å². The van der Waals surface area contributed by atoms with Gasteiger partial charge >= 0.3 is 0 Å². The summed E-state index contributed by atoms with van der Waals surface area (Å²) in [5.74, 6) is 0.351. The topological polar surface area (TPSA) is 58.6 Å². The zero-order valence-corrected chi connectivity index (χ0v) is 12.2. The van der Waals surface area contributed by atoms with Crippen LogP contribution in [0.1, 0.15) is 40.5 Å². The van der Waals surface area contributed by atoms with Crippen LogP contribution in [0, 0.1) is 5.92 Å². The van der Waals surface area contributed by atoms with E-state index in [1.165, 1.54) is 0 Å². The van der Waals surface area contributed by atoms with E-state index >= 15 is 0 Å². The molecule has 2 rings (SSSR count). The molecule has 108 valence electrons.